The summed E-state index contributed by atoms with van der Waals surface area (Å²) in [7, 11) is 0. The lowest BCUT2D eigenvalue weighted by Crippen LogP contribution is -2.22. The van der Waals surface area contributed by atoms with Crippen LogP contribution in [0.5, 0.6) is 0 Å². The first-order valence-corrected chi connectivity index (χ1v) is 7.94. The van der Waals surface area contributed by atoms with E-state index in [9.17, 15) is 9.59 Å². The van der Waals surface area contributed by atoms with Gasteiger partial charge in [0, 0.05) is 17.3 Å². The topological polar surface area (TPSA) is 131 Å². The van der Waals surface area contributed by atoms with Gasteiger partial charge < -0.3 is 21.9 Å². The van der Waals surface area contributed by atoms with Gasteiger partial charge in [-0.25, -0.2) is 9.79 Å². The van der Waals surface area contributed by atoms with Crippen LogP contribution >= 0.6 is 0 Å². The van der Waals surface area contributed by atoms with E-state index in [0.29, 0.717) is 23.4 Å². The molecule has 0 atom stereocenters. The number of aryl methyl sites for hydroxylation is 1. The maximum Gasteiger partial charge on any atom is 0.328 e. The van der Waals surface area contributed by atoms with E-state index in [-0.39, 0.29) is 11.9 Å². The zero-order valence-corrected chi connectivity index (χ0v) is 14.3. The van der Waals surface area contributed by atoms with Crippen molar-refractivity contribution in [2.75, 3.05) is 5.32 Å². The van der Waals surface area contributed by atoms with Crippen LogP contribution in [-0.2, 0) is 11.2 Å². The quantitative estimate of drug-likeness (QED) is 0.360. The minimum atomic E-state index is -1.01. The third kappa shape index (κ3) is 5.20. The van der Waals surface area contributed by atoms with Crippen LogP contribution in [0.3, 0.4) is 0 Å². The fraction of sp³-hybridized carbons (Fsp3) is 0.105. The maximum absolute atomic E-state index is 12.5. The fourth-order valence-corrected chi connectivity index (χ4v) is 2.36. The van der Waals surface area contributed by atoms with E-state index in [1.807, 2.05) is 13.0 Å². The summed E-state index contributed by atoms with van der Waals surface area (Å²) in [5, 5.41) is 11.6. The lowest BCUT2D eigenvalue weighted by Gasteiger charge is -2.11. The second-order valence-corrected chi connectivity index (χ2v) is 5.48. The summed E-state index contributed by atoms with van der Waals surface area (Å²) in [6.07, 6.45) is 3.26. The number of carbonyl (C=O) groups excluding carboxylic acids is 1. The summed E-state index contributed by atoms with van der Waals surface area (Å²) in [4.78, 5) is 27.1. The first kappa shape index (κ1) is 18.7. The standard InChI is InChI=1S/C19H20N4O3/c1-2-13-10-12(7-9-17(24)25)6-8-16(13)23-18(26)14-4-3-5-15(11-14)22-19(20)21/h3-11H,2H2,1H3,(H,23,26)(H,24,25)(H4,20,21,22)/b9-7+. The van der Waals surface area contributed by atoms with E-state index in [0.717, 1.165) is 17.2 Å². The lowest BCUT2D eigenvalue weighted by molar-refractivity contribution is -0.131. The molecule has 0 saturated heterocycles. The molecule has 2 aromatic carbocycles. The third-order valence-corrected chi connectivity index (χ3v) is 3.54. The van der Waals surface area contributed by atoms with Gasteiger partial charge in [0.05, 0.1) is 5.69 Å². The van der Waals surface area contributed by atoms with Crippen molar-refractivity contribution < 1.29 is 14.7 Å². The molecule has 0 spiro atoms. The van der Waals surface area contributed by atoms with Gasteiger partial charge in [0.2, 0.25) is 0 Å². The Hall–Kier alpha value is -3.61. The van der Waals surface area contributed by atoms with Gasteiger partial charge in [0.25, 0.3) is 5.91 Å². The molecule has 134 valence electrons. The van der Waals surface area contributed by atoms with Gasteiger partial charge in [-0.3, -0.25) is 4.79 Å². The number of nitrogens with one attached hydrogen (secondary N) is 1. The van der Waals surface area contributed by atoms with E-state index in [4.69, 9.17) is 16.6 Å². The van der Waals surface area contributed by atoms with Crippen LogP contribution in [0.4, 0.5) is 11.4 Å². The second kappa shape index (κ2) is 8.48. The highest BCUT2D eigenvalue weighted by Crippen LogP contribution is 2.21. The molecule has 26 heavy (non-hydrogen) atoms. The van der Waals surface area contributed by atoms with Crippen molar-refractivity contribution in [1.29, 1.82) is 0 Å². The zero-order valence-electron chi connectivity index (χ0n) is 14.3. The molecule has 0 bridgehead atoms. The van der Waals surface area contributed by atoms with Crippen molar-refractivity contribution in [2.24, 2.45) is 16.5 Å². The van der Waals surface area contributed by atoms with Crippen LogP contribution in [0.15, 0.2) is 53.5 Å². The van der Waals surface area contributed by atoms with Gasteiger partial charge in [-0.1, -0.05) is 19.1 Å². The van der Waals surface area contributed by atoms with Gasteiger partial charge >= 0.3 is 5.97 Å². The van der Waals surface area contributed by atoms with E-state index >= 15 is 0 Å². The van der Waals surface area contributed by atoms with Crippen molar-refractivity contribution in [3.63, 3.8) is 0 Å². The summed E-state index contributed by atoms with van der Waals surface area (Å²) in [6, 6.07) is 12.0. The number of nitrogens with zero attached hydrogens (tertiary/aromatic N) is 1. The van der Waals surface area contributed by atoms with Crippen molar-refractivity contribution in [3.8, 4) is 0 Å². The average Bonchev–Trinajstić information content (AvgIpc) is 2.60. The lowest BCUT2D eigenvalue weighted by atomic mass is 10.1. The molecular formula is C19H20N4O3. The zero-order chi connectivity index (χ0) is 19.1. The molecule has 0 heterocycles. The van der Waals surface area contributed by atoms with Crippen molar-refractivity contribution in [1.82, 2.24) is 0 Å². The van der Waals surface area contributed by atoms with Gasteiger partial charge in [-0.15, -0.1) is 0 Å². The van der Waals surface area contributed by atoms with E-state index in [1.165, 1.54) is 6.08 Å². The summed E-state index contributed by atoms with van der Waals surface area (Å²) in [5.74, 6) is -1.39. The molecule has 0 saturated carbocycles. The minimum absolute atomic E-state index is 0.0826. The molecular weight excluding hydrogens is 332 g/mol. The molecule has 1 amide bonds. The van der Waals surface area contributed by atoms with Crippen molar-refractivity contribution in [2.45, 2.75) is 13.3 Å². The highest BCUT2D eigenvalue weighted by atomic mass is 16.4. The Morgan fingerprint density at radius 1 is 1.19 bits per heavy atom. The smallest absolute Gasteiger partial charge is 0.328 e. The monoisotopic (exact) mass is 352 g/mol. The van der Waals surface area contributed by atoms with E-state index in [2.05, 4.69) is 10.3 Å². The molecule has 2 aromatic rings. The fourth-order valence-electron chi connectivity index (χ4n) is 2.36. The molecule has 0 aliphatic rings. The Bertz CT molecular complexity index is 884. The first-order chi connectivity index (χ1) is 12.4. The molecule has 2 rings (SSSR count). The number of carboxylic acid groups (broad SMARTS) is 1. The molecule has 0 radical (unpaired) electrons. The Kier molecular flexibility index (Phi) is 6.10. The number of hydrogen-bond donors (Lipinski definition) is 4. The number of amides is 1. The van der Waals surface area contributed by atoms with Gasteiger partial charge in [0.15, 0.2) is 5.96 Å². The number of carboxylic acids is 1. The number of guanidine groups is 1. The van der Waals surface area contributed by atoms with Crippen LogP contribution in [0.2, 0.25) is 0 Å². The second-order valence-electron chi connectivity index (χ2n) is 5.48. The van der Waals surface area contributed by atoms with E-state index in [1.54, 1.807) is 36.4 Å². The Morgan fingerprint density at radius 2 is 1.96 bits per heavy atom. The molecule has 0 aromatic heterocycles. The molecule has 7 nitrogen and oxygen atoms in total. The number of nitrogens with two attached hydrogens (primary N) is 2. The summed E-state index contributed by atoms with van der Waals surface area (Å²) in [5.41, 5.74) is 13.9. The number of carbonyl (C=O) groups is 2. The largest absolute Gasteiger partial charge is 0.478 e. The molecule has 7 heteroatoms. The van der Waals surface area contributed by atoms with Crippen molar-refractivity contribution in [3.05, 3.63) is 65.2 Å². The Balaban J connectivity index is 2.23. The third-order valence-electron chi connectivity index (χ3n) is 3.54. The number of benzene rings is 2. The number of hydrogen-bond acceptors (Lipinski definition) is 3. The molecule has 0 unspecified atom stereocenters. The summed E-state index contributed by atoms with van der Waals surface area (Å²) >= 11 is 0. The van der Waals surface area contributed by atoms with Crippen LogP contribution in [0.1, 0.15) is 28.4 Å². The average molecular weight is 352 g/mol. The van der Waals surface area contributed by atoms with Gasteiger partial charge in [-0.05, 0) is 54.0 Å². The predicted molar refractivity (Wildman–Crippen MR) is 102 cm³/mol. The highest BCUT2D eigenvalue weighted by molar-refractivity contribution is 6.05. The highest BCUT2D eigenvalue weighted by Gasteiger charge is 2.10. The Labute approximate surface area is 151 Å². The summed E-state index contributed by atoms with van der Waals surface area (Å²) < 4.78 is 0. The molecule has 0 aliphatic carbocycles. The predicted octanol–water partition coefficient (Wildman–Crippen LogP) is 2.50. The van der Waals surface area contributed by atoms with E-state index < -0.39 is 5.97 Å². The summed E-state index contributed by atoms with van der Waals surface area (Å²) in [6.45, 7) is 1.95. The Morgan fingerprint density at radius 3 is 2.62 bits per heavy atom. The maximum atomic E-state index is 12.5. The number of anilines is 1. The first-order valence-electron chi connectivity index (χ1n) is 7.94. The van der Waals surface area contributed by atoms with Crippen molar-refractivity contribution >= 4 is 35.3 Å². The van der Waals surface area contributed by atoms with Crippen LogP contribution < -0.4 is 16.8 Å². The normalized spacial score (nSPS) is 10.5. The SMILES string of the molecule is CCc1cc(/C=C/C(=O)O)ccc1NC(=O)c1cccc(N=C(N)N)c1. The van der Waals surface area contributed by atoms with Gasteiger partial charge in [0.1, 0.15) is 0 Å². The molecule has 6 N–H and O–H groups in total. The number of aliphatic imine (C=N–C) groups is 1. The van der Waals surface area contributed by atoms with Gasteiger partial charge in [-0.2, -0.15) is 0 Å². The van der Waals surface area contributed by atoms with Crippen LogP contribution in [-0.4, -0.2) is 22.9 Å². The van der Waals surface area contributed by atoms with Crippen LogP contribution in [0.25, 0.3) is 6.08 Å². The minimum Gasteiger partial charge on any atom is -0.478 e. The molecule has 0 fully saturated rings. The number of rotatable bonds is 6. The molecule has 0 aliphatic heterocycles. The van der Waals surface area contributed by atoms with Crippen LogP contribution in [0, 0.1) is 0 Å². The number of aliphatic carboxylic acids is 1.